The van der Waals surface area contributed by atoms with E-state index in [1.54, 1.807) is 42.6 Å². The molecule has 0 aromatic carbocycles. The fraction of sp³-hybridized carbons (Fsp3) is 0.278. The van der Waals surface area contributed by atoms with Gasteiger partial charge in [0, 0.05) is 12.3 Å². The molecule has 2 rings (SSSR count). The molecular formula is C18H19NO6S. The minimum Gasteiger partial charge on any atom is -0.466 e. The number of carbonyl (C=O) groups excluding carboxylic acids is 3. The summed E-state index contributed by atoms with van der Waals surface area (Å²) in [7, 11) is 1.26. The molecule has 0 saturated carbocycles. The van der Waals surface area contributed by atoms with Crippen molar-refractivity contribution < 1.29 is 28.6 Å². The molecule has 0 spiro atoms. The second kappa shape index (κ2) is 9.10. The van der Waals surface area contributed by atoms with Crippen molar-refractivity contribution in [2.24, 2.45) is 0 Å². The van der Waals surface area contributed by atoms with Crippen LogP contribution >= 0.6 is 11.8 Å². The summed E-state index contributed by atoms with van der Waals surface area (Å²) >= 11 is 1.05. The van der Waals surface area contributed by atoms with E-state index in [2.05, 4.69) is 4.74 Å². The van der Waals surface area contributed by atoms with Crippen molar-refractivity contribution in [1.82, 2.24) is 4.40 Å². The van der Waals surface area contributed by atoms with Crippen LogP contribution in [0.4, 0.5) is 0 Å². The predicted octanol–water partition coefficient (Wildman–Crippen LogP) is 3.07. The van der Waals surface area contributed by atoms with E-state index in [-0.39, 0.29) is 24.5 Å². The minimum absolute atomic E-state index is 0.190. The number of methoxy groups -OCH3 is 1. The van der Waals surface area contributed by atoms with Gasteiger partial charge in [-0.15, -0.1) is 0 Å². The molecule has 0 aliphatic rings. The van der Waals surface area contributed by atoms with Gasteiger partial charge in [0.1, 0.15) is 5.69 Å². The van der Waals surface area contributed by atoms with Crippen LogP contribution < -0.4 is 0 Å². The standard InChI is InChI=1S/C18H19NO6S/c1-4-24-17(21)14-12-8-6-7-10-19(12)15(18(22)25-5-2)16(14)26-11-9-13(20)23-3/h6-11H,4-5H2,1-3H3/b11-9+. The van der Waals surface area contributed by atoms with Gasteiger partial charge in [-0.1, -0.05) is 17.8 Å². The highest BCUT2D eigenvalue weighted by atomic mass is 32.2. The van der Waals surface area contributed by atoms with Crippen LogP contribution in [0.25, 0.3) is 5.52 Å². The van der Waals surface area contributed by atoms with Crippen LogP contribution in [-0.2, 0) is 19.0 Å². The Hall–Kier alpha value is -2.74. The van der Waals surface area contributed by atoms with Crippen molar-refractivity contribution in [3.8, 4) is 0 Å². The Bertz CT molecular complexity index is 800. The zero-order chi connectivity index (χ0) is 19.1. The first-order chi connectivity index (χ1) is 12.5. The average molecular weight is 377 g/mol. The zero-order valence-electron chi connectivity index (χ0n) is 14.7. The Morgan fingerprint density at radius 2 is 1.81 bits per heavy atom. The van der Waals surface area contributed by atoms with Crippen molar-refractivity contribution in [2.75, 3.05) is 20.3 Å². The molecular weight excluding hydrogens is 358 g/mol. The number of pyridine rings is 1. The summed E-state index contributed by atoms with van der Waals surface area (Å²) in [4.78, 5) is 36.7. The van der Waals surface area contributed by atoms with E-state index in [4.69, 9.17) is 9.47 Å². The van der Waals surface area contributed by atoms with Gasteiger partial charge in [0.25, 0.3) is 0 Å². The van der Waals surface area contributed by atoms with Gasteiger partial charge in [-0.05, 0) is 31.4 Å². The number of thioether (sulfide) groups is 1. The van der Waals surface area contributed by atoms with Gasteiger partial charge < -0.3 is 18.6 Å². The van der Waals surface area contributed by atoms with Crippen molar-refractivity contribution in [2.45, 2.75) is 18.7 Å². The van der Waals surface area contributed by atoms with E-state index in [1.807, 2.05) is 0 Å². The van der Waals surface area contributed by atoms with E-state index in [0.717, 1.165) is 11.8 Å². The smallest absolute Gasteiger partial charge is 0.356 e. The Kier molecular flexibility index (Phi) is 6.85. The first-order valence-corrected chi connectivity index (χ1v) is 8.81. The van der Waals surface area contributed by atoms with Crippen molar-refractivity contribution >= 4 is 35.2 Å². The van der Waals surface area contributed by atoms with Crippen LogP contribution in [0.1, 0.15) is 34.7 Å². The van der Waals surface area contributed by atoms with E-state index in [0.29, 0.717) is 10.4 Å². The highest BCUT2D eigenvalue weighted by Crippen LogP contribution is 2.34. The lowest BCUT2D eigenvalue weighted by atomic mass is 10.2. The molecule has 2 aromatic rings. The first-order valence-electron chi connectivity index (χ1n) is 7.93. The first kappa shape index (κ1) is 19.6. The van der Waals surface area contributed by atoms with E-state index in [9.17, 15) is 14.4 Å². The molecule has 0 fully saturated rings. The summed E-state index contributed by atoms with van der Waals surface area (Å²) in [6, 6.07) is 5.21. The number of hydrogen-bond acceptors (Lipinski definition) is 7. The van der Waals surface area contributed by atoms with Gasteiger partial charge in [-0.2, -0.15) is 0 Å². The average Bonchev–Trinajstić information content (AvgIpc) is 2.96. The van der Waals surface area contributed by atoms with Crippen molar-refractivity contribution in [3.63, 3.8) is 0 Å². The summed E-state index contributed by atoms with van der Waals surface area (Å²) in [5.74, 6) is -1.67. The summed E-state index contributed by atoms with van der Waals surface area (Å²) < 4.78 is 16.4. The number of rotatable bonds is 7. The highest BCUT2D eigenvalue weighted by Gasteiger charge is 2.28. The number of fused-ring (bicyclic) bond motifs is 1. The summed E-state index contributed by atoms with van der Waals surface area (Å²) in [6.07, 6.45) is 2.87. The van der Waals surface area contributed by atoms with Crippen LogP contribution in [-0.4, -0.2) is 42.6 Å². The lowest BCUT2D eigenvalue weighted by Gasteiger charge is -2.05. The third kappa shape index (κ3) is 4.08. The van der Waals surface area contributed by atoms with Gasteiger partial charge in [0.05, 0.1) is 36.3 Å². The summed E-state index contributed by atoms with van der Waals surface area (Å²) in [6.45, 7) is 3.78. The third-order valence-electron chi connectivity index (χ3n) is 3.34. The van der Waals surface area contributed by atoms with Crippen molar-refractivity contribution in [1.29, 1.82) is 0 Å². The molecule has 0 radical (unpaired) electrons. The highest BCUT2D eigenvalue weighted by molar-refractivity contribution is 8.02. The largest absolute Gasteiger partial charge is 0.466 e. The number of nitrogens with zero attached hydrogens (tertiary/aromatic N) is 1. The Balaban J connectivity index is 2.66. The fourth-order valence-corrected chi connectivity index (χ4v) is 3.23. The lowest BCUT2D eigenvalue weighted by molar-refractivity contribution is -0.134. The molecule has 7 nitrogen and oxygen atoms in total. The number of aromatic nitrogens is 1. The zero-order valence-corrected chi connectivity index (χ0v) is 15.5. The number of esters is 3. The van der Waals surface area contributed by atoms with Gasteiger partial charge in [-0.25, -0.2) is 14.4 Å². The Morgan fingerprint density at radius 1 is 1.12 bits per heavy atom. The maximum absolute atomic E-state index is 12.5. The van der Waals surface area contributed by atoms with Gasteiger partial charge in [0.15, 0.2) is 0 Å². The van der Waals surface area contributed by atoms with Gasteiger partial charge >= 0.3 is 17.9 Å². The van der Waals surface area contributed by atoms with E-state index in [1.165, 1.54) is 18.6 Å². The molecule has 0 aliphatic heterocycles. The lowest BCUT2D eigenvalue weighted by Crippen LogP contribution is -2.09. The molecule has 2 heterocycles. The van der Waals surface area contributed by atoms with Gasteiger partial charge in [-0.3, -0.25) is 0 Å². The molecule has 0 aliphatic carbocycles. The summed E-state index contributed by atoms with van der Waals surface area (Å²) in [5, 5.41) is 1.45. The molecule has 0 bridgehead atoms. The molecule has 0 amide bonds. The monoisotopic (exact) mass is 377 g/mol. The normalized spacial score (nSPS) is 10.9. The molecule has 26 heavy (non-hydrogen) atoms. The van der Waals surface area contributed by atoms with Gasteiger partial charge in [0.2, 0.25) is 0 Å². The Morgan fingerprint density at radius 3 is 2.46 bits per heavy atom. The second-order valence-corrected chi connectivity index (χ2v) is 5.81. The fourth-order valence-electron chi connectivity index (χ4n) is 2.32. The Labute approximate surface area is 154 Å². The SMILES string of the molecule is CCOC(=O)c1c(S/C=C/C(=O)OC)c(C(=O)OCC)n2ccccc12. The van der Waals surface area contributed by atoms with Crippen LogP contribution in [0.2, 0.25) is 0 Å². The number of hydrogen-bond donors (Lipinski definition) is 0. The maximum atomic E-state index is 12.5. The minimum atomic E-state index is -0.571. The van der Waals surface area contributed by atoms with Crippen molar-refractivity contribution in [3.05, 3.63) is 47.1 Å². The molecule has 8 heteroatoms. The molecule has 0 N–H and O–H groups in total. The van der Waals surface area contributed by atoms with Crippen LogP contribution in [0.15, 0.2) is 40.8 Å². The van der Waals surface area contributed by atoms with Crippen LogP contribution in [0.3, 0.4) is 0 Å². The molecule has 2 aromatic heterocycles. The van der Waals surface area contributed by atoms with E-state index >= 15 is 0 Å². The molecule has 138 valence electrons. The number of ether oxygens (including phenoxy) is 3. The second-order valence-electron chi connectivity index (χ2n) is 4.89. The summed E-state index contributed by atoms with van der Waals surface area (Å²) in [5.41, 5.74) is 0.961. The quantitative estimate of drug-likeness (QED) is 0.317. The molecule has 0 atom stereocenters. The number of carbonyl (C=O) groups is 3. The van der Waals surface area contributed by atoms with E-state index < -0.39 is 17.9 Å². The van der Waals surface area contributed by atoms with Crippen LogP contribution in [0.5, 0.6) is 0 Å². The van der Waals surface area contributed by atoms with Crippen LogP contribution in [0, 0.1) is 0 Å². The predicted molar refractivity (Wildman–Crippen MR) is 96.3 cm³/mol. The molecule has 0 saturated heterocycles. The molecule has 0 unspecified atom stereocenters. The maximum Gasteiger partial charge on any atom is 0.356 e. The third-order valence-corrected chi connectivity index (χ3v) is 4.24. The topological polar surface area (TPSA) is 83.3 Å².